The molecule has 1 heterocycles. The first-order valence-electron chi connectivity index (χ1n) is 6.56. The number of ether oxygens (including phenoxy) is 1. The van der Waals surface area contributed by atoms with E-state index in [9.17, 15) is 5.11 Å². The Morgan fingerprint density at radius 3 is 2.50 bits per heavy atom. The molecular formula is C13H25NO2. The summed E-state index contributed by atoms with van der Waals surface area (Å²) in [6.07, 6.45) is 3.78. The van der Waals surface area contributed by atoms with Crippen molar-refractivity contribution in [1.82, 2.24) is 4.90 Å². The van der Waals surface area contributed by atoms with Crippen LogP contribution in [0.5, 0.6) is 0 Å². The molecule has 1 aliphatic heterocycles. The molecule has 16 heavy (non-hydrogen) atoms. The van der Waals surface area contributed by atoms with Gasteiger partial charge in [0, 0.05) is 19.7 Å². The van der Waals surface area contributed by atoms with Crippen molar-refractivity contribution in [3.63, 3.8) is 0 Å². The molecule has 0 radical (unpaired) electrons. The highest BCUT2D eigenvalue weighted by Crippen LogP contribution is 2.33. The molecule has 0 aromatic carbocycles. The second kappa shape index (κ2) is 5.03. The Balaban J connectivity index is 1.79. The predicted molar refractivity (Wildman–Crippen MR) is 64.3 cm³/mol. The van der Waals surface area contributed by atoms with E-state index < -0.39 is 0 Å². The molecule has 2 fully saturated rings. The zero-order valence-electron chi connectivity index (χ0n) is 10.7. The minimum Gasteiger partial charge on any atom is -0.391 e. The van der Waals surface area contributed by atoms with Crippen LogP contribution in [0.4, 0.5) is 0 Å². The van der Waals surface area contributed by atoms with Gasteiger partial charge in [0.25, 0.3) is 0 Å². The highest BCUT2D eigenvalue weighted by Gasteiger charge is 2.38. The summed E-state index contributed by atoms with van der Waals surface area (Å²) in [6, 6.07) is 0.660. The summed E-state index contributed by atoms with van der Waals surface area (Å²) in [5.74, 6) is 1.10. The summed E-state index contributed by atoms with van der Waals surface area (Å²) in [6.45, 7) is 6.45. The number of methoxy groups -OCH3 is 1. The van der Waals surface area contributed by atoms with Gasteiger partial charge in [-0.05, 0) is 37.6 Å². The SMILES string of the molecule is COC1CC(N2CC[C@@H](C(C)C)[C@@H](O)C2)C1. The van der Waals surface area contributed by atoms with Crippen LogP contribution in [0.25, 0.3) is 0 Å². The Bertz CT molecular complexity index is 226. The van der Waals surface area contributed by atoms with E-state index in [2.05, 4.69) is 18.7 Å². The molecule has 0 aromatic rings. The average molecular weight is 227 g/mol. The topological polar surface area (TPSA) is 32.7 Å². The third-order valence-corrected chi connectivity index (χ3v) is 4.44. The Hall–Kier alpha value is -0.120. The van der Waals surface area contributed by atoms with Crippen molar-refractivity contribution in [3.05, 3.63) is 0 Å². The Morgan fingerprint density at radius 2 is 2.00 bits per heavy atom. The van der Waals surface area contributed by atoms with E-state index >= 15 is 0 Å². The van der Waals surface area contributed by atoms with Crippen molar-refractivity contribution in [2.24, 2.45) is 11.8 Å². The average Bonchev–Trinajstić information content (AvgIpc) is 2.15. The second-order valence-electron chi connectivity index (χ2n) is 5.74. The van der Waals surface area contributed by atoms with Crippen molar-refractivity contribution < 1.29 is 9.84 Å². The Labute approximate surface area is 98.8 Å². The lowest BCUT2D eigenvalue weighted by atomic mass is 9.81. The van der Waals surface area contributed by atoms with Gasteiger partial charge in [-0.25, -0.2) is 0 Å². The second-order valence-corrected chi connectivity index (χ2v) is 5.74. The van der Waals surface area contributed by atoms with Crippen LogP contribution in [-0.2, 0) is 4.74 Å². The van der Waals surface area contributed by atoms with Gasteiger partial charge in [0.2, 0.25) is 0 Å². The summed E-state index contributed by atoms with van der Waals surface area (Å²) in [7, 11) is 1.79. The van der Waals surface area contributed by atoms with E-state index in [1.54, 1.807) is 7.11 Å². The van der Waals surface area contributed by atoms with E-state index in [-0.39, 0.29) is 6.10 Å². The first-order chi connectivity index (χ1) is 7.61. The molecule has 3 heteroatoms. The predicted octanol–water partition coefficient (Wildman–Crippen LogP) is 1.50. The summed E-state index contributed by atoms with van der Waals surface area (Å²) >= 11 is 0. The van der Waals surface area contributed by atoms with Gasteiger partial charge in [-0.2, -0.15) is 0 Å². The maximum atomic E-state index is 10.1. The highest BCUT2D eigenvalue weighted by molar-refractivity contribution is 4.92. The van der Waals surface area contributed by atoms with Crippen LogP contribution in [0.3, 0.4) is 0 Å². The van der Waals surface area contributed by atoms with E-state index in [0.717, 1.165) is 32.4 Å². The number of nitrogens with zero attached hydrogens (tertiary/aromatic N) is 1. The summed E-state index contributed by atoms with van der Waals surface area (Å²) in [5.41, 5.74) is 0. The number of hydrogen-bond acceptors (Lipinski definition) is 3. The molecule has 1 saturated heterocycles. The first-order valence-corrected chi connectivity index (χ1v) is 6.56. The fourth-order valence-electron chi connectivity index (χ4n) is 3.11. The summed E-state index contributed by atoms with van der Waals surface area (Å²) < 4.78 is 5.30. The summed E-state index contributed by atoms with van der Waals surface area (Å²) in [4.78, 5) is 2.46. The van der Waals surface area contributed by atoms with Crippen molar-refractivity contribution in [1.29, 1.82) is 0 Å². The standard InChI is InChI=1S/C13H25NO2/c1-9(2)12-4-5-14(8-13(12)15)10-6-11(7-10)16-3/h9-13,15H,4-8H2,1-3H3/t10?,11?,12-,13-/m0/s1. The Kier molecular flexibility index (Phi) is 3.88. The number of likely N-dealkylation sites (tertiary alicyclic amines) is 1. The molecule has 0 amide bonds. The van der Waals surface area contributed by atoms with Gasteiger partial charge in [0.15, 0.2) is 0 Å². The first kappa shape index (κ1) is 12.3. The lowest BCUT2D eigenvalue weighted by molar-refractivity contribution is -0.0699. The molecule has 1 N–H and O–H groups in total. The van der Waals surface area contributed by atoms with Gasteiger partial charge in [-0.1, -0.05) is 13.8 Å². The normalized spacial score (nSPS) is 41.1. The van der Waals surface area contributed by atoms with Gasteiger partial charge in [0.1, 0.15) is 0 Å². The van der Waals surface area contributed by atoms with E-state index in [4.69, 9.17) is 4.74 Å². The minimum absolute atomic E-state index is 0.129. The monoisotopic (exact) mass is 227 g/mol. The molecule has 94 valence electrons. The third kappa shape index (κ3) is 2.41. The van der Waals surface area contributed by atoms with Gasteiger partial charge in [0.05, 0.1) is 12.2 Å². The molecule has 0 unspecified atom stereocenters. The number of rotatable bonds is 3. The van der Waals surface area contributed by atoms with Crippen LogP contribution in [-0.4, -0.2) is 48.5 Å². The lowest BCUT2D eigenvalue weighted by Crippen LogP contribution is -2.55. The fraction of sp³-hybridized carbons (Fsp3) is 1.00. The maximum absolute atomic E-state index is 10.1. The number of piperidine rings is 1. The van der Waals surface area contributed by atoms with E-state index in [0.29, 0.717) is 24.0 Å². The van der Waals surface area contributed by atoms with Crippen LogP contribution < -0.4 is 0 Å². The van der Waals surface area contributed by atoms with E-state index in [1.807, 2.05) is 0 Å². The summed E-state index contributed by atoms with van der Waals surface area (Å²) in [5, 5.41) is 10.1. The van der Waals surface area contributed by atoms with Crippen molar-refractivity contribution in [2.45, 2.75) is 51.4 Å². The molecule has 0 spiro atoms. The van der Waals surface area contributed by atoms with Gasteiger partial charge in [-0.3, -0.25) is 4.90 Å². The van der Waals surface area contributed by atoms with Gasteiger partial charge in [-0.15, -0.1) is 0 Å². The van der Waals surface area contributed by atoms with Crippen LogP contribution in [0.15, 0.2) is 0 Å². The smallest absolute Gasteiger partial charge is 0.0698 e. The molecule has 3 nitrogen and oxygen atoms in total. The highest BCUT2D eigenvalue weighted by atomic mass is 16.5. The van der Waals surface area contributed by atoms with Crippen molar-refractivity contribution in [2.75, 3.05) is 20.2 Å². The Morgan fingerprint density at radius 1 is 1.31 bits per heavy atom. The zero-order chi connectivity index (χ0) is 11.7. The third-order valence-electron chi connectivity index (χ3n) is 4.44. The number of aliphatic hydroxyl groups excluding tert-OH is 1. The van der Waals surface area contributed by atoms with Crippen LogP contribution in [0, 0.1) is 11.8 Å². The molecule has 2 aliphatic rings. The molecule has 1 saturated carbocycles. The van der Waals surface area contributed by atoms with Gasteiger partial charge < -0.3 is 9.84 Å². The van der Waals surface area contributed by atoms with Crippen molar-refractivity contribution in [3.8, 4) is 0 Å². The molecule has 0 bridgehead atoms. The maximum Gasteiger partial charge on any atom is 0.0698 e. The molecule has 0 aromatic heterocycles. The minimum atomic E-state index is -0.129. The molecule has 1 aliphatic carbocycles. The number of hydrogen-bond donors (Lipinski definition) is 1. The van der Waals surface area contributed by atoms with Crippen molar-refractivity contribution >= 4 is 0 Å². The van der Waals surface area contributed by atoms with Crippen LogP contribution >= 0.6 is 0 Å². The molecular weight excluding hydrogens is 202 g/mol. The van der Waals surface area contributed by atoms with E-state index in [1.165, 1.54) is 0 Å². The van der Waals surface area contributed by atoms with Crippen LogP contribution in [0.2, 0.25) is 0 Å². The molecule has 2 rings (SSSR count). The lowest BCUT2D eigenvalue weighted by Gasteiger charge is -2.47. The quantitative estimate of drug-likeness (QED) is 0.793. The fourth-order valence-corrected chi connectivity index (χ4v) is 3.11. The zero-order valence-corrected chi connectivity index (χ0v) is 10.7. The number of aliphatic hydroxyl groups is 1. The van der Waals surface area contributed by atoms with Crippen LogP contribution in [0.1, 0.15) is 33.1 Å². The largest absolute Gasteiger partial charge is 0.391 e. The van der Waals surface area contributed by atoms with Gasteiger partial charge >= 0.3 is 0 Å². The number of β-amino-alcohol motifs (C(OH)–C–C–N with tert-alkyl or cyclic N) is 1. The molecule has 2 atom stereocenters.